The molecule has 1 unspecified atom stereocenters. The van der Waals surface area contributed by atoms with E-state index < -0.39 is 16.9 Å². The number of amides is 1. The molecular formula is C23H18N4O3S2. The summed E-state index contributed by atoms with van der Waals surface area (Å²) < 4.78 is 0.710. The van der Waals surface area contributed by atoms with Crippen molar-refractivity contribution in [1.82, 2.24) is 15.3 Å². The summed E-state index contributed by atoms with van der Waals surface area (Å²) in [5, 5.41) is 16.5. The van der Waals surface area contributed by atoms with E-state index >= 15 is 0 Å². The van der Waals surface area contributed by atoms with E-state index in [1.54, 1.807) is 24.4 Å². The molecule has 0 aliphatic rings. The molecule has 160 valence electrons. The van der Waals surface area contributed by atoms with Gasteiger partial charge in [0.05, 0.1) is 21.6 Å². The maximum atomic E-state index is 13.1. The van der Waals surface area contributed by atoms with Gasteiger partial charge in [-0.2, -0.15) is 0 Å². The van der Waals surface area contributed by atoms with Gasteiger partial charge in [0.25, 0.3) is 11.6 Å². The minimum atomic E-state index is -0.490. The Hall–Kier alpha value is -3.56. The maximum Gasteiger partial charge on any atom is 0.284 e. The SMILES string of the molecule is Cc1csc(Sc2ccc(C(=O)NC(c3ccccc3)c3ccccn3)cc2[N+](=O)[O-])n1. The Balaban J connectivity index is 1.62. The Bertz CT molecular complexity index is 1210. The van der Waals surface area contributed by atoms with E-state index in [0.29, 0.717) is 14.9 Å². The van der Waals surface area contributed by atoms with Gasteiger partial charge in [0.15, 0.2) is 4.34 Å². The molecule has 0 bridgehead atoms. The summed E-state index contributed by atoms with van der Waals surface area (Å²) in [5.41, 5.74) is 2.46. The first-order chi connectivity index (χ1) is 15.5. The first kappa shape index (κ1) is 21.7. The second-order valence-electron chi connectivity index (χ2n) is 6.87. The Labute approximate surface area is 192 Å². The van der Waals surface area contributed by atoms with Crippen molar-refractivity contribution in [2.45, 2.75) is 22.2 Å². The molecule has 2 aromatic heterocycles. The van der Waals surface area contributed by atoms with Gasteiger partial charge < -0.3 is 5.32 Å². The number of hydrogen-bond acceptors (Lipinski definition) is 7. The zero-order chi connectivity index (χ0) is 22.5. The quantitative estimate of drug-likeness (QED) is 0.291. The normalized spacial score (nSPS) is 11.7. The number of hydrogen-bond donors (Lipinski definition) is 1. The van der Waals surface area contributed by atoms with Crippen LogP contribution in [0, 0.1) is 17.0 Å². The summed E-state index contributed by atoms with van der Waals surface area (Å²) >= 11 is 2.64. The number of benzene rings is 2. The highest BCUT2D eigenvalue weighted by Crippen LogP contribution is 2.37. The van der Waals surface area contributed by atoms with Gasteiger partial charge in [0.1, 0.15) is 0 Å². The first-order valence-electron chi connectivity index (χ1n) is 9.66. The summed E-state index contributed by atoms with van der Waals surface area (Å²) in [6, 6.07) is 18.9. The lowest BCUT2D eigenvalue weighted by molar-refractivity contribution is -0.387. The van der Waals surface area contributed by atoms with Crippen LogP contribution in [0.1, 0.15) is 33.4 Å². The fourth-order valence-corrected chi connectivity index (χ4v) is 4.97. The number of nitro benzene ring substituents is 1. The van der Waals surface area contributed by atoms with Gasteiger partial charge in [0.2, 0.25) is 0 Å². The zero-order valence-electron chi connectivity index (χ0n) is 17.0. The van der Waals surface area contributed by atoms with Crippen molar-refractivity contribution in [1.29, 1.82) is 0 Å². The standard InChI is InChI=1S/C23H18N4O3S2/c1-15-14-31-23(25-15)32-20-11-10-17(13-19(20)27(29)30)22(28)26-21(16-7-3-2-4-8-16)18-9-5-6-12-24-18/h2-14,21H,1H3,(H,26,28). The second kappa shape index (κ2) is 9.71. The Morgan fingerprint density at radius 1 is 1.12 bits per heavy atom. The third kappa shape index (κ3) is 5.01. The van der Waals surface area contributed by atoms with Gasteiger partial charge in [0, 0.05) is 28.9 Å². The topological polar surface area (TPSA) is 98.0 Å². The zero-order valence-corrected chi connectivity index (χ0v) is 18.6. The predicted octanol–water partition coefficient (Wildman–Crippen LogP) is 5.43. The molecule has 32 heavy (non-hydrogen) atoms. The molecule has 2 aromatic carbocycles. The molecule has 1 N–H and O–H groups in total. The summed E-state index contributed by atoms with van der Waals surface area (Å²) in [4.78, 5) is 33.4. The summed E-state index contributed by atoms with van der Waals surface area (Å²) in [6.45, 7) is 1.87. The van der Waals surface area contributed by atoms with Crippen LogP contribution in [-0.4, -0.2) is 20.8 Å². The van der Waals surface area contributed by atoms with Crippen molar-refractivity contribution in [3.63, 3.8) is 0 Å². The molecule has 2 heterocycles. The number of rotatable bonds is 7. The highest BCUT2D eigenvalue weighted by Gasteiger charge is 2.23. The van der Waals surface area contributed by atoms with Gasteiger partial charge in [-0.3, -0.25) is 19.9 Å². The number of aryl methyl sites for hydroxylation is 1. The lowest BCUT2D eigenvalue weighted by Crippen LogP contribution is -2.30. The molecule has 0 spiro atoms. The van der Waals surface area contributed by atoms with Crippen LogP contribution < -0.4 is 5.32 Å². The first-order valence-corrected chi connectivity index (χ1v) is 11.4. The van der Waals surface area contributed by atoms with Crippen LogP contribution in [0.3, 0.4) is 0 Å². The van der Waals surface area contributed by atoms with E-state index in [4.69, 9.17) is 0 Å². The van der Waals surface area contributed by atoms with Crippen LogP contribution in [0.4, 0.5) is 5.69 Å². The van der Waals surface area contributed by atoms with Crippen LogP contribution in [0.15, 0.2) is 87.5 Å². The van der Waals surface area contributed by atoms with Crippen LogP contribution in [-0.2, 0) is 0 Å². The molecule has 0 aliphatic heterocycles. The molecule has 7 nitrogen and oxygen atoms in total. The highest BCUT2D eigenvalue weighted by atomic mass is 32.2. The average molecular weight is 463 g/mol. The lowest BCUT2D eigenvalue weighted by Gasteiger charge is -2.19. The molecule has 0 radical (unpaired) electrons. The summed E-state index contributed by atoms with van der Waals surface area (Å²) in [6.07, 6.45) is 1.66. The summed E-state index contributed by atoms with van der Waals surface area (Å²) in [7, 11) is 0. The number of nitrogens with zero attached hydrogens (tertiary/aromatic N) is 3. The van der Waals surface area contributed by atoms with Crippen LogP contribution in [0.25, 0.3) is 0 Å². The Kier molecular flexibility index (Phi) is 6.58. The third-order valence-corrected chi connectivity index (χ3v) is 6.73. The van der Waals surface area contributed by atoms with Crippen molar-refractivity contribution >= 4 is 34.7 Å². The fraction of sp³-hybridized carbons (Fsp3) is 0.0870. The molecule has 0 fully saturated rings. The van der Waals surface area contributed by atoms with E-state index in [9.17, 15) is 14.9 Å². The van der Waals surface area contributed by atoms with E-state index in [-0.39, 0.29) is 11.3 Å². The number of thiazole rings is 1. The minimum absolute atomic E-state index is 0.135. The monoisotopic (exact) mass is 462 g/mol. The average Bonchev–Trinajstić information content (AvgIpc) is 3.23. The van der Waals surface area contributed by atoms with E-state index in [2.05, 4.69) is 15.3 Å². The van der Waals surface area contributed by atoms with E-state index in [0.717, 1.165) is 11.3 Å². The Morgan fingerprint density at radius 3 is 2.56 bits per heavy atom. The molecule has 0 saturated heterocycles. The molecule has 1 atom stereocenters. The van der Waals surface area contributed by atoms with Gasteiger partial charge >= 0.3 is 0 Å². The number of nitro groups is 1. The molecule has 0 aliphatic carbocycles. The predicted molar refractivity (Wildman–Crippen MR) is 124 cm³/mol. The smallest absolute Gasteiger partial charge is 0.284 e. The molecule has 9 heteroatoms. The van der Waals surface area contributed by atoms with Crippen molar-refractivity contribution in [3.05, 3.63) is 111 Å². The number of pyridine rings is 1. The van der Waals surface area contributed by atoms with Crippen molar-refractivity contribution < 1.29 is 9.72 Å². The number of aromatic nitrogens is 2. The maximum absolute atomic E-state index is 13.1. The molecule has 1 amide bonds. The molecule has 0 saturated carbocycles. The number of carbonyl (C=O) groups is 1. The Morgan fingerprint density at radius 2 is 1.91 bits per heavy atom. The van der Waals surface area contributed by atoms with Crippen LogP contribution in [0.2, 0.25) is 0 Å². The van der Waals surface area contributed by atoms with Crippen molar-refractivity contribution in [2.24, 2.45) is 0 Å². The van der Waals surface area contributed by atoms with Crippen molar-refractivity contribution in [3.8, 4) is 0 Å². The summed E-state index contributed by atoms with van der Waals surface area (Å²) in [5.74, 6) is -0.422. The van der Waals surface area contributed by atoms with E-state index in [1.165, 1.54) is 29.2 Å². The van der Waals surface area contributed by atoms with E-state index in [1.807, 2.05) is 54.8 Å². The van der Waals surface area contributed by atoms with Gasteiger partial charge in [-0.25, -0.2) is 4.98 Å². The van der Waals surface area contributed by atoms with Gasteiger partial charge in [-0.15, -0.1) is 11.3 Å². The van der Waals surface area contributed by atoms with Crippen LogP contribution >= 0.6 is 23.1 Å². The van der Waals surface area contributed by atoms with Gasteiger partial charge in [-0.05, 0) is 36.8 Å². The molecule has 4 rings (SSSR count). The molecule has 4 aromatic rings. The number of carbonyl (C=O) groups excluding carboxylic acids is 1. The van der Waals surface area contributed by atoms with Gasteiger partial charge in [-0.1, -0.05) is 48.2 Å². The van der Waals surface area contributed by atoms with Crippen molar-refractivity contribution in [2.75, 3.05) is 0 Å². The largest absolute Gasteiger partial charge is 0.340 e. The third-order valence-electron chi connectivity index (χ3n) is 4.60. The number of nitrogens with one attached hydrogen (secondary N) is 1. The lowest BCUT2D eigenvalue weighted by atomic mass is 10.0. The second-order valence-corrected chi connectivity index (χ2v) is 9.02. The fourth-order valence-electron chi connectivity index (χ4n) is 3.10. The highest BCUT2D eigenvalue weighted by molar-refractivity contribution is 8.01. The minimum Gasteiger partial charge on any atom is -0.340 e. The van der Waals surface area contributed by atoms with Crippen LogP contribution in [0.5, 0.6) is 0 Å². The molecular weight excluding hydrogens is 444 g/mol.